The number of hydrazine groups is 1. The normalized spacial score (nSPS) is 15.7. The minimum atomic E-state index is -0.697. The van der Waals surface area contributed by atoms with Crippen LogP contribution < -0.4 is 26.4 Å². The van der Waals surface area contributed by atoms with Crippen LogP contribution in [0.4, 0.5) is 10.5 Å². The second-order valence-electron chi connectivity index (χ2n) is 6.98. The fraction of sp³-hybridized carbons (Fsp3) is 0.190. The maximum Gasteiger partial charge on any atom is 0.319 e. The number of phenols is 1. The van der Waals surface area contributed by atoms with Gasteiger partial charge in [-0.3, -0.25) is 20.4 Å². The molecule has 0 saturated carbocycles. The van der Waals surface area contributed by atoms with Gasteiger partial charge in [-0.15, -0.1) is 0 Å². The van der Waals surface area contributed by atoms with Gasteiger partial charge in [-0.05, 0) is 36.8 Å². The van der Waals surface area contributed by atoms with E-state index in [1.807, 2.05) is 43.3 Å². The highest BCUT2D eigenvalue weighted by Crippen LogP contribution is 2.28. The second-order valence-corrected chi connectivity index (χ2v) is 6.98. The summed E-state index contributed by atoms with van der Waals surface area (Å²) < 4.78 is 0. The molecule has 30 heavy (non-hydrogen) atoms. The molecule has 4 amide bonds. The van der Waals surface area contributed by atoms with Crippen molar-refractivity contribution >= 4 is 23.5 Å². The number of benzene rings is 2. The first-order valence-corrected chi connectivity index (χ1v) is 9.22. The Morgan fingerprint density at radius 2 is 1.63 bits per heavy atom. The van der Waals surface area contributed by atoms with Crippen molar-refractivity contribution in [1.82, 2.24) is 21.5 Å². The van der Waals surface area contributed by atoms with Crippen molar-refractivity contribution in [2.45, 2.75) is 13.0 Å². The van der Waals surface area contributed by atoms with Crippen LogP contribution in [0.1, 0.15) is 28.9 Å². The van der Waals surface area contributed by atoms with E-state index in [1.54, 1.807) is 19.1 Å². The van der Waals surface area contributed by atoms with E-state index in [2.05, 4.69) is 21.5 Å². The summed E-state index contributed by atoms with van der Waals surface area (Å²) in [6.45, 7) is 1.61. The summed E-state index contributed by atoms with van der Waals surface area (Å²) in [5.41, 5.74) is 6.97. The van der Waals surface area contributed by atoms with E-state index in [-0.39, 0.29) is 16.9 Å². The number of rotatable bonds is 4. The monoisotopic (exact) mass is 409 g/mol. The number of hydrogen-bond acceptors (Lipinski definition) is 5. The van der Waals surface area contributed by atoms with Gasteiger partial charge >= 0.3 is 6.03 Å². The molecule has 0 radical (unpaired) electrons. The summed E-state index contributed by atoms with van der Waals surface area (Å²) in [6, 6.07) is 12.3. The van der Waals surface area contributed by atoms with Crippen LogP contribution in [0.5, 0.6) is 5.75 Å². The molecule has 0 spiro atoms. The predicted molar refractivity (Wildman–Crippen MR) is 112 cm³/mol. The lowest BCUT2D eigenvalue weighted by molar-refractivity contribution is -0.118. The van der Waals surface area contributed by atoms with Gasteiger partial charge in [0, 0.05) is 25.5 Å². The quantitative estimate of drug-likeness (QED) is 0.491. The van der Waals surface area contributed by atoms with Crippen molar-refractivity contribution < 1.29 is 19.5 Å². The summed E-state index contributed by atoms with van der Waals surface area (Å²) in [5, 5.41) is 15.1. The summed E-state index contributed by atoms with van der Waals surface area (Å²) in [4.78, 5) is 39.0. The number of phenolic OH excluding ortho intramolecular Hbond substituents is 1. The molecule has 0 aromatic heterocycles. The second kappa shape index (κ2) is 8.56. The zero-order chi connectivity index (χ0) is 21.8. The first kappa shape index (κ1) is 20.7. The number of urea groups is 1. The van der Waals surface area contributed by atoms with Crippen LogP contribution >= 0.6 is 0 Å². The van der Waals surface area contributed by atoms with Crippen LogP contribution in [0, 0.1) is 0 Å². The number of carbonyl (C=O) groups is 3. The number of nitrogens with one attached hydrogen (secondary N) is 4. The van der Waals surface area contributed by atoms with Gasteiger partial charge in [0.05, 0.1) is 17.2 Å². The van der Waals surface area contributed by atoms with Crippen molar-refractivity contribution in [2.24, 2.45) is 0 Å². The predicted octanol–water partition coefficient (Wildman–Crippen LogP) is 1.55. The zero-order valence-corrected chi connectivity index (χ0v) is 16.8. The SMILES string of the molecule is CC1=C(C(=O)NNC(=O)c2ccccc2O)C(c2ccc(N(C)C)cc2)NC(=O)N1. The summed E-state index contributed by atoms with van der Waals surface area (Å²) in [7, 11) is 3.83. The highest BCUT2D eigenvalue weighted by Gasteiger charge is 2.31. The number of amides is 4. The highest BCUT2D eigenvalue weighted by atomic mass is 16.3. The van der Waals surface area contributed by atoms with E-state index in [4.69, 9.17) is 0 Å². The summed E-state index contributed by atoms with van der Waals surface area (Å²) in [6.07, 6.45) is 0. The Hall–Kier alpha value is -4.01. The van der Waals surface area contributed by atoms with Crippen molar-refractivity contribution in [3.05, 3.63) is 70.9 Å². The average molecular weight is 409 g/mol. The molecule has 5 N–H and O–H groups in total. The molecule has 0 bridgehead atoms. The molecule has 9 heteroatoms. The van der Waals surface area contributed by atoms with E-state index in [9.17, 15) is 19.5 Å². The molecule has 1 aliphatic rings. The lowest BCUT2D eigenvalue weighted by Gasteiger charge is -2.29. The molecule has 2 aromatic rings. The molecule has 0 saturated heterocycles. The number of hydrogen-bond donors (Lipinski definition) is 5. The molecule has 9 nitrogen and oxygen atoms in total. The topological polar surface area (TPSA) is 123 Å². The minimum Gasteiger partial charge on any atom is -0.507 e. The van der Waals surface area contributed by atoms with Gasteiger partial charge in [-0.25, -0.2) is 4.79 Å². The number of allylic oxidation sites excluding steroid dienone is 1. The molecule has 2 aromatic carbocycles. The van der Waals surface area contributed by atoms with Crippen LogP contribution in [0.25, 0.3) is 0 Å². The molecule has 1 atom stereocenters. The first-order chi connectivity index (χ1) is 14.3. The Kier molecular flexibility index (Phi) is 5.91. The lowest BCUT2D eigenvalue weighted by atomic mass is 9.95. The third-order valence-electron chi connectivity index (χ3n) is 4.69. The fourth-order valence-corrected chi connectivity index (χ4v) is 3.12. The molecule has 1 unspecified atom stereocenters. The van der Waals surface area contributed by atoms with E-state index in [1.165, 1.54) is 12.1 Å². The van der Waals surface area contributed by atoms with Gasteiger partial charge in [0.25, 0.3) is 11.8 Å². The molecular weight excluding hydrogens is 386 g/mol. The van der Waals surface area contributed by atoms with Gasteiger partial charge in [-0.2, -0.15) is 0 Å². The van der Waals surface area contributed by atoms with Crippen molar-refractivity contribution in [2.75, 3.05) is 19.0 Å². The Balaban J connectivity index is 1.80. The van der Waals surface area contributed by atoms with Crippen LogP contribution in [0.2, 0.25) is 0 Å². The van der Waals surface area contributed by atoms with Gasteiger partial charge in [0.1, 0.15) is 5.75 Å². The van der Waals surface area contributed by atoms with Crippen LogP contribution in [0.15, 0.2) is 59.8 Å². The van der Waals surface area contributed by atoms with Crippen molar-refractivity contribution in [3.8, 4) is 5.75 Å². The van der Waals surface area contributed by atoms with Crippen LogP contribution in [0.3, 0.4) is 0 Å². The molecular formula is C21H23N5O4. The maximum atomic E-state index is 12.8. The number of carbonyl (C=O) groups excluding carboxylic acids is 3. The molecule has 3 rings (SSSR count). The number of anilines is 1. The smallest absolute Gasteiger partial charge is 0.319 e. The van der Waals surface area contributed by atoms with Gasteiger partial charge in [-0.1, -0.05) is 24.3 Å². The highest BCUT2D eigenvalue weighted by molar-refractivity contribution is 6.02. The summed E-state index contributed by atoms with van der Waals surface area (Å²) in [5.74, 6) is -1.46. The van der Waals surface area contributed by atoms with Gasteiger partial charge in [0.15, 0.2) is 0 Å². The zero-order valence-electron chi connectivity index (χ0n) is 16.8. The van der Waals surface area contributed by atoms with Crippen molar-refractivity contribution in [3.63, 3.8) is 0 Å². The molecule has 0 fully saturated rings. The molecule has 1 heterocycles. The van der Waals surface area contributed by atoms with Gasteiger partial charge in [0.2, 0.25) is 0 Å². The van der Waals surface area contributed by atoms with E-state index in [0.29, 0.717) is 11.3 Å². The summed E-state index contributed by atoms with van der Waals surface area (Å²) >= 11 is 0. The Labute approximate surface area is 173 Å². The minimum absolute atomic E-state index is 0.0226. The molecule has 1 aliphatic heterocycles. The fourth-order valence-electron chi connectivity index (χ4n) is 3.12. The Morgan fingerprint density at radius 3 is 2.27 bits per heavy atom. The third kappa shape index (κ3) is 4.35. The van der Waals surface area contributed by atoms with E-state index < -0.39 is 23.9 Å². The number of aromatic hydroxyl groups is 1. The van der Waals surface area contributed by atoms with Crippen LogP contribution in [-0.2, 0) is 4.79 Å². The van der Waals surface area contributed by atoms with E-state index >= 15 is 0 Å². The standard InChI is InChI=1S/C21H23N5O4/c1-12-17(20(29)25-24-19(28)15-6-4-5-7-16(15)27)18(23-21(30)22-12)13-8-10-14(11-9-13)26(2)3/h4-11,18,27H,1-3H3,(H,24,28)(H,25,29)(H2,22,23,30). The Morgan fingerprint density at radius 1 is 1.00 bits per heavy atom. The van der Waals surface area contributed by atoms with Crippen LogP contribution in [-0.4, -0.2) is 37.0 Å². The maximum absolute atomic E-state index is 12.8. The third-order valence-corrected chi connectivity index (χ3v) is 4.69. The number of nitrogens with zero attached hydrogens (tertiary/aromatic N) is 1. The first-order valence-electron chi connectivity index (χ1n) is 9.22. The van der Waals surface area contributed by atoms with Crippen molar-refractivity contribution in [1.29, 1.82) is 0 Å². The Bertz CT molecular complexity index is 1010. The van der Waals surface area contributed by atoms with Gasteiger partial charge < -0.3 is 20.6 Å². The average Bonchev–Trinajstić information content (AvgIpc) is 2.71. The molecule has 0 aliphatic carbocycles. The molecule has 156 valence electrons. The lowest BCUT2D eigenvalue weighted by Crippen LogP contribution is -2.50. The largest absolute Gasteiger partial charge is 0.507 e. The van der Waals surface area contributed by atoms with E-state index in [0.717, 1.165) is 5.69 Å². The number of para-hydroxylation sites is 1.